The molecule has 1 aromatic carbocycles. The molecule has 0 saturated carbocycles. The molecule has 1 rings (SSSR count). The Morgan fingerprint density at radius 3 is 2.36 bits per heavy atom. The molecule has 0 radical (unpaired) electrons. The van der Waals surface area contributed by atoms with Gasteiger partial charge in [0.2, 0.25) is 0 Å². The Balaban J connectivity index is 2.86. The number of rotatable bonds is 11. The lowest BCUT2D eigenvalue weighted by atomic mass is 10.3. The van der Waals surface area contributed by atoms with Gasteiger partial charge in [0.1, 0.15) is 11.8 Å². The molecule has 8 heteroatoms. The van der Waals surface area contributed by atoms with Crippen LogP contribution in [-0.2, 0) is 23.4 Å². The second-order valence-electron chi connectivity index (χ2n) is 5.80. The summed E-state index contributed by atoms with van der Waals surface area (Å²) in [4.78, 5) is 12.0. The molecular formula is C17H28NO6P. The van der Waals surface area contributed by atoms with Crippen molar-refractivity contribution in [3.05, 3.63) is 30.3 Å². The molecule has 0 fully saturated rings. The number of nitrogens with one attached hydrogen (secondary N) is 1. The quantitative estimate of drug-likeness (QED) is 0.469. The lowest BCUT2D eigenvalue weighted by Gasteiger charge is -2.24. The van der Waals surface area contributed by atoms with Crippen molar-refractivity contribution in [2.45, 2.75) is 52.4 Å². The first-order valence-electron chi connectivity index (χ1n) is 8.30. The first-order chi connectivity index (χ1) is 11.8. The van der Waals surface area contributed by atoms with Gasteiger partial charge in [0.25, 0.3) is 0 Å². The van der Waals surface area contributed by atoms with Crippen LogP contribution in [0.4, 0.5) is 0 Å². The van der Waals surface area contributed by atoms with Gasteiger partial charge in [0.15, 0.2) is 0 Å². The Bertz CT molecular complexity index is 562. The highest BCUT2D eigenvalue weighted by molar-refractivity contribution is 7.52. The fourth-order valence-corrected chi connectivity index (χ4v) is 3.39. The summed E-state index contributed by atoms with van der Waals surface area (Å²) in [6.45, 7) is 7.02. The average Bonchev–Trinajstić information content (AvgIpc) is 2.56. The Hall–Kier alpha value is -1.40. The molecular weight excluding hydrogens is 345 g/mol. The molecule has 0 spiro atoms. The van der Waals surface area contributed by atoms with Crippen LogP contribution >= 0.6 is 7.75 Å². The van der Waals surface area contributed by atoms with Crippen molar-refractivity contribution in [1.82, 2.24) is 5.09 Å². The van der Waals surface area contributed by atoms with Gasteiger partial charge in [-0.05, 0) is 39.3 Å². The zero-order chi connectivity index (χ0) is 18.9. The Morgan fingerprint density at radius 1 is 1.20 bits per heavy atom. The van der Waals surface area contributed by atoms with Gasteiger partial charge in [-0.2, -0.15) is 5.09 Å². The molecule has 3 atom stereocenters. The van der Waals surface area contributed by atoms with Crippen molar-refractivity contribution in [3.8, 4) is 5.75 Å². The predicted octanol–water partition coefficient (Wildman–Crippen LogP) is 3.54. The number of carbonyl (C=O) groups is 1. The fourth-order valence-electron chi connectivity index (χ4n) is 1.87. The zero-order valence-electron chi connectivity index (χ0n) is 15.4. The minimum atomic E-state index is -3.81. The summed E-state index contributed by atoms with van der Waals surface area (Å²) in [6.07, 6.45) is 0.185. The average molecular weight is 373 g/mol. The highest BCUT2D eigenvalue weighted by atomic mass is 31.2. The summed E-state index contributed by atoms with van der Waals surface area (Å²) in [5, 5.41) is 2.63. The van der Waals surface area contributed by atoms with Crippen LogP contribution in [0.5, 0.6) is 5.75 Å². The third kappa shape index (κ3) is 8.01. The molecule has 0 amide bonds. The van der Waals surface area contributed by atoms with E-state index >= 15 is 0 Å². The molecule has 0 aliphatic rings. The Labute approximate surface area is 149 Å². The second-order valence-corrected chi connectivity index (χ2v) is 7.49. The third-order valence-corrected chi connectivity index (χ3v) is 4.89. The van der Waals surface area contributed by atoms with Crippen LogP contribution in [0.1, 0.15) is 34.1 Å². The summed E-state index contributed by atoms with van der Waals surface area (Å²) >= 11 is 0. The highest BCUT2D eigenvalue weighted by Gasteiger charge is 2.33. The van der Waals surface area contributed by atoms with E-state index < -0.39 is 19.8 Å². The standard InChI is InChI=1S/C17H28NO6P/c1-6-15(21-5)12-22-25(20,24-16-10-8-7-9-11-16)18-14(4)17(19)23-13(2)3/h7-11,13-15H,6,12H2,1-5H3,(H,18,20). The summed E-state index contributed by atoms with van der Waals surface area (Å²) in [5.74, 6) is -0.164. The molecule has 1 N–H and O–H groups in total. The molecule has 0 saturated heterocycles. The number of hydrogen-bond acceptors (Lipinski definition) is 6. The predicted molar refractivity (Wildman–Crippen MR) is 95.5 cm³/mol. The number of hydrogen-bond donors (Lipinski definition) is 1. The van der Waals surface area contributed by atoms with Crippen LogP contribution in [0.15, 0.2) is 30.3 Å². The van der Waals surface area contributed by atoms with E-state index in [4.69, 9.17) is 18.5 Å². The maximum Gasteiger partial charge on any atom is 0.459 e. The van der Waals surface area contributed by atoms with Crippen LogP contribution in [0, 0.1) is 0 Å². The van der Waals surface area contributed by atoms with Crippen molar-refractivity contribution in [2.24, 2.45) is 0 Å². The minimum Gasteiger partial charge on any atom is -0.462 e. The van der Waals surface area contributed by atoms with Crippen LogP contribution in [0.25, 0.3) is 0 Å². The van der Waals surface area contributed by atoms with E-state index in [0.29, 0.717) is 12.2 Å². The topological polar surface area (TPSA) is 83.1 Å². The van der Waals surface area contributed by atoms with Crippen molar-refractivity contribution in [2.75, 3.05) is 13.7 Å². The van der Waals surface area contributed by atoms with Crippen LogP contribution in [-0.4, -0.2) is 37.9 Å². The van der Waals surface area contributed by atoms with Crippen molar-refractivity contribution in [1.29, 1.82) is 0 Å². The van der Waals surface area contributed by atoms with E-state index in [1.807, 2.05) is 13.0 Å². The van der Waals surface area contributed by atoms with Crippen molar-refractivity contribution < 1.29 is 27.9 Å². The van der Waals surface area contributed by atoms with E-state index in [1.165, 1.54) is 0 Å². The molecule has 0 heterocycles. The lowest BCUT2D eigenvalue weighted by molar-refractivity contribution is -0.149. The Morgan fingerprint density at radius 2 is 1.84 bits per heavy atom. The molecule has 3 unspecified atom stereocenters. The van der Waals surface area contributed by atoms with Gasteiger partial charge in [-0.25, -0.2) is 4.57 Å². The maximum absolute atomic E-state index is 13.1. The van der Waals surface area contributed by atoms with Gasteiger partial charge in [0.05, 0.1) is 18.8 Å². The monoisotopic (exact) mass is 373 g/mol. The summed E-state index contributed by atoms with van der Waals surface area (Å²) in [5.41, 5.74) is 0. The van der Waals surface area contributed by atoms with E-state index in [9.17, 15) is 9.36 Å². The number of carbonyl (C=O) groups excluding carboxylic acids is 1. The third-order valence-electron chi connectivity index (χ3n) is 3.25. The largest absolute Gasteiger partial charge is 0.462 e. The fraction of sp³-hybridized carbons (Fsp3) is 0.588. The van der Waals surface area contributed by atoms with Gasteiger partial charge in [-0.15, -0.1) is 0 Å². The molecule has 0 aliphatic heterocycles. The van der Waals surface area contributed by atoms with Crippen LogP contribution in [0.3, 0.4) is 0 Å². The number of ether oxygens (including phenoxy) is 2. The zero-order valence-corrected chi connectivity index (χ0v) is 16.3. The summed E-state index contributed by atoms with van der Waals surface area (Å²) in [7, 11) is -2.25. The number of para-hydroxylation sites is 1. The number of esters is 1. The van der Waals surface area contributed by atoms with Crippen molar-refractivity contribution >= 4 is 13.7 Å². The van der Waals surface area contributed by atoms with Gasteiger partial charge in [-0.1, -0.05) is 25.1 Å². The summed E-state index contributed by atoms with van der Waals surface area (Å²) in [6, 6.07) is 7.76. The van der Waals surface area contributed by atoms with E-state index in [0.717, 1.165) is 0 Å². The molecule has 0 aliphatic carbocycles. The van der Waals surface area contributed by atoms with Gasteiger partial charge in [0, 0.05) is 7.11 Å². The maximum atomic E-state index is 13.1. The van der Waals surface area contributed by atoms with Gasteiger partial charge >= 0.3 is 13.7 Å². The molecule has 25 heavy (non-hydrogen) atoms. The molecule has 0 bridgehead atoms. The minimum absolute atomic E-state index is 0.0655. The lowest BCUT2D eigenvalue weighted by Crippen LogP contribution is -2.36. The second kappa shape index (κ2) is 10.6. The molecule has 7 nitrogen and oxygen atoms in total. The van der Waals surface area contributed by atoms with Crippen molar-refractivity contribution in [3.63, 3.8) is 0 Å². The number of methoxy groups -OCH3 is 1. The van der Waals surface area contributed by atoms with E-state index in [-0.39, 0.29) is 18.8 Å². The van der Waals surface area contributed by atoms with E-state index in [2.05, 4.69) is 5.09 Å². The summed E-state index contributed by atoms with van der Waals surface area (Å²) < 4.78 is 34.5. The van der Waals surface area contributed by atoms with Crippen LogP contribution in [0.2, 0.25) is 0 Å². The number of benzene rings is 1. The Kier molecular flexibility index (Phi) is 9.14. The molecule has 0 aromatic heterocycles. The van der Waals surface area contributed by atoms with E-state index in [1.54, 1.807) is 52.1 Å². The smallest absolute Gasteiger partial charge is 0.459 e. The highest BCUT2D eigenvalue weighted by Crippen LogP contribution is 2.45. The first-order valence-corrected chi connectivity index (χ1v) is 9.84. The van der Waals surface area contributed by atoms with Gasteiger partial charge < -0.3 is 14.0 Å². The van der Waals surface area contributed by atoms with Crippen LogP contribution < -0.4 is 9.61 Å². The SMILES string of the molecule is CCC(COP(=O)(NC(C)C(=O)OC(C)C)Oc1ccccc1)OC. The molecule has 1 aromatic rings. The molecule has 142 valence electrons. The van der Waals surface area contributed by atoms with Gasteiger partial charge in [-0.3, -0.25) is 9.32 Å². The first kappa shape index (κ1) is 21.6. The normalized spacial score (nSPS) is 16.1.